The Balaban J connectivity index is 2.54. The zero-order valence-corrected chi connectivity index (χ0v) is 11.7. The minimum Gasteiger partial charge on any atom is -0.370 e. The van der Waals surface area contributed by atoms with E-state index in [0.717, 1.165) is 0 Å². The first kappa shape index (κ1) is 13.9. The molecule has 1 rings (SSSR count). The highest BCUT2D eigenvalue weighted by Gasteiger charge is 2.46. The van der Waals surface area contributed by atoms with Crippen LogP contribution in [-0.2, 0) is 0 Å². The summed E-state index contributed by atoms with van der Waals surface area (Å²) in [5.74, 6) is 0. The van der Waals surface area contributed by atoms with Gasteiger partial charge in [-0.25, -0.2) is 4.79 Å². The van der Waals surface area contributed by atoms with Gasteiger partial charge in [0.05, 0.1) is 0 Å². The van der Waals surface area contributed by atoms with Crippen LogP contribution in [0.4, 0.5) is 4.79 Å². The van der Waals surface area contributed by atoms with Crippen molar-refractivity contribution in [3.05, 3.63) is 0 Å². The van der Waals surface area contributed by atoms with Gasteiger partial charge in [0.1, 0.15) is 5.02 Å². The first-order valence-corrected chi connectivity index (χ1v) is 6.83. The Hall–Kier alpha value is -0.210. The number of hydrogen-bond donors (Lipinski definition) is 3. The van der Waals surface area contributed by atoms with Crippen molar-refractivity contribution < 1.29 is 9.90 Å². The van der Waals surface area contributed by atoms with Crippen molar-refractivity contribution in [3.8, 4) is 0 Å². The van der Waals surface area contributed by atoms with Crippen LogP contribution >= 0.6 is 17.4 Å². The van der Waals surface area contributed by atoms with Crippen molar-refractivity contribution in [3.63, 3.8) is 0 Å². The van der Waals surface area contributed by atoms with Gasteiger partial charge in [-0.15, -0.1) is 0 Å². The molecule has 1 saturated heterocycles. The first-order valence-electron chi connectivity index (χ1n) is 5.17. The third-order valence-electron chi connectivity index (χ3n) is 2.42. The number of carbonyl (C=O) groups is 1. The summed E-state index contributed by atoms with van der Waals surface area (Å²) in [6.45, 7) is 5.22. The molecule has 0 aliphatic carbocycles. The fourth-order valence-electron chi connectivity index (χ4n) is 1.47. The second kappa shape index (κ2) is 5.42. The zero-order valence-electron chi connectivity index (χ0n) is 9.60. The van der Waals surface area contributed by atoms with E-state index in [1.165, 1.54) is 4.90 Å². The number of rotatable bonds is 5. The molecular weight excluding hydrogens is 244 g/mol. The highest BCUT2D eigenvalue weighted by molar-refractivity contribution is 7.50. The second-order valence-electron chi connectivity index (χ2n) is 4.09. The van der Waals surface area contributed by atoms with Gasteiger partial charge in [0.2, 0.25) is 0 Å². The van der Waals surface area contributed by atoms with E-state index in [-0.39, 0.29) is 6.03 Å². The Morgan fingerprint density at radius 1 is 1.81 bits per heavy atom. The van der Waals surface area contributed by atoms with Gasteiger partial charge in [-0.05, 0) is 0 Å². The fraction of sp³-hybridized carbons (Fsp3) is 0.778. The number of nitrogens with zero attached hydrogens (tertiary/aromatic N) is 1. The number of hydrogen-bond acceptors (Lipinski definition) is 3. The fourth-order valence-corrected chi connectivity index (χ4v) is 2.26. The minimum atomic E-state index is -0.849. The Morgan fingerprint density at radius 2 is 2.44 bits per heavy atom. The van der Waals surface area contributed by atoms with Crippen molar-refractivity contribution >= 4 is 29.8 Å². The monoisotopic (exact) mass is 263 g/mol. The van der Waals surface area contributed by atoms with Gasteiger partial charge in [0.25, 0.3) is 0 Å². The lowest BCUT2D eigenvalue weighted by Gasteiger charge is -2.26. The minimum absolute atomic E-state index is 0.246. The van der Waals surface area contributed by atoms with E-state index >= 15 is 0 Å². The van der Waals surface area contributed by atoms with E-state index in [9.17, 15) is 9.90 Å². The smallest absolute Gasteiger partial charge is 0.320 e. The third kappa shape index (κ3) is 2.92. The van der Waals surface area contributed by atoms with Crippen LogP contribution < -0.4 is 10.6 Å². The maximum absolute atomic E-state index is 11.6. The average Bonchev–Trinajstić information content (AvgIpc) is 2.42. The first-order chi connectivity index (χ1) is 7.40. The molecule has 0 spiro atoms. The van der Waals surface area contributed by atoms with E-state index in [2.05, 4.69) is 26.2 Å². The highest BCUT2D eigenvalue weighted by Crippen LogP contribution is 2.37. The Bertz CT molecular complexity index is 288. The Labute approximate surface area is 100.0 Å². The van der Waals surface area contributed by atoms with E-state index in [4.69, 9.17) is 0 Å². The summed E-state index contributed by atoms with van der Waals surface area (Å²) in [6, 6.07) is 0.124. The molecule has 92 valence electrons. The molecule has 0 aromatic rings. The SMILES string of the molecule is C=PC1(P)NC(=O)N(CCNC(C)C)C1O. The van der Waals surface area contributed by atoms with Crippen molar-refractivity contribution in [2.45, 2.75) is 31.1 Å². The zero-order chi connectivity index (χ0) is 12.3. The van der Waals surface area contributed by atoms with Crippen molar-refractivity contribution in [2.75, 3.05) is 13.1 Å². The molecule has 5 nitrogen and oxygen atoms in total. The van der Waals surface area contributed by atoms with Gasteiger partial charge >= 0.3 is 6.03 Å². The lowest BCUT2D eigenvalue weighted by Crippen LogP contribution is -2.43. The molecule has 3 atom stereocenters. The number of nitrogens with one attached hydrogen (secondary N) is 2. The van der Waals surface area contributed by atoms with E-state index < -0.39 is 11.2 Å². The predicted octanol–water partition coefficient (Wildman–Crippen LogP) is 0.235. The van der Waals surface area contributed by atoms with E-state index in [0.29, 0.717) is 27.3 Å². The molecule has 0 radical (unpaired) electrons. The largest absolute Gasteiger partial charge is 0.370 e. The van der Waals surface area contributed by atoms with Crippen LogP contribution in [-0.4, -0.2) is 52.7 Å². The summed E-state index contributed by atoms with van der Waals surface area (Å²) in [5, 5.41) is 15.2. The molecule has 16 heavy (non-hydrogen) atoms. The van der Waals surface area contributed by atoms with Gasteiger partial charge in [0, 0.05) is 19.1 Å². The Kier molecular flexibility index (Phi) is 4.69. The molecule has 1 fully saturated rings. The number of aliphatic hydroxyl groups excluding tert-OH is 1. The summed E-state index contributed by atoms with van der Waals surface area (Å²) >= 11 is 0. The molecule has 0 saturated carbocycles. The maximum atomic E-state index is 11.6. The van der Waals surface area contributed by atoms with Crippen molar-refractivity contribution in [2.24, 2.45) is 0 Å². The summed E-state index contributed by atoms with van der Waals surface area (Å²) < 4.78 is 0. The van der Waals surface area contributed by atoms with E-state index in [1.54, 1.807) is 0 Å². The van der Waals surface area contributed by atoms with Crippen LogP contribution in [0, 0.1) is 0 Å². The van der Waals surface area contributed by atoms with Gasteiger partial charge < -0.3 is 15.7 Å². The maximum Gasteiger partial charge on any atom is 0.320 e. The molecule has 1 aliphatic heterocycles. The lowest BCUT2D eigenvalue weighted by atomic mass is 10.4. The Morgan fingerprint density at radius 3 is 2.88 bits per heavy atom. The molecule has 3 N–H and O–H groups in total. The van der Waals surface area contributed by atoms with Gasteiger partial charge in [-0.1, -0.05) is 37.6 Å². The van der Waals surface area contributed by atoms with Crippen LogP contribution in [0.5, 0.6) is 0 Å². The number of aliphatic hydroxyl groups is 1. The molecule has 1 aliphatic rings. The normalized spacial score (nSPS) is 30.2. The average molecular weight is 263 g/mol. The standard InChI is InChI=1S/C9H19N3O2P2/c1-6(2)10-4-5-12-7(13)9(15,16-3)11-8(12)14/h6-7,10,13H,3-5,15H2,1-2H3,(H,11,14). The topological polar surface area (TPSA) is 64.6 Å². The summed E-state index contributed by atoms with van der Waals surface area (Å²) in [5.41, 5.74) is 0. The third-order valence-corrected chi connectivity index (χ3v) is 4.28. The number of carbonyl (C=O) groups excluding carboxylic acids is 1. The van der Waals surface area contributed by atoms with Crippen LogP contribution in [0.1, 0.15) is 13.8 Å². The second-order valence-corrected chi connectivity index (χ2v) is 6.54. The number of urea groups is 1. The van der Waals surface area contributed by atoms with E-state index in [1.807, 2.05) is 13.8 Å². The van der Waals surface area contributed by atoms with Gasteiger partial charge in [-0.3, -0.25) is 4.90 Å². The van der Waals surface area contributed by atoms with Crippen LogP contribution in [0.2, 0.25) is 0 Å². The highest BCUT2D eigenvalue weighted by atomic mass is 31.1. The van der Waals surface area contributed by atoms with Crippen LogP contribution in [0.3, 0.4) is 0 Å². The quantitative estimate of drug-likeness (QED) is 0.622. The van der Waals surface area contributed by atoms with Crippen LogP contribution in [0.25, 0.3) is 0 Å². The van der Waals surface area contributed by atoms with Gasteiger partial charge in [-0.2, -0.15) is 0 Å². The molecule has 0 aromatic carbocycles. The molecule has 0 aromatic heterocycles. The van der Waals surface area contributed by atoms with Crippen LogP contribution in [0.15, 0.2) is 0 Å². The summed E-state index contributed by atoms with van der Waals surface area (Å²) in [7, 11) is 3.13. The lowest BCUT2D eigenvalue weighted by molar-refractivity contribution is 0.0518. The molecule has 3 unspecified atom stereocenters. The molecule has 7 heteroatoms. The molecule has 2 amide bonds. The molecular formula is C9H19N3O2P2. The summed E-state index contributed by atoms with van der Waals surface area (Å²) in [6.07, 6.45) is 2.85. The van der Waals surface area contributed by atoms with Gasteiger partial charge in [0.15, 0.2) is 6.23 Å². The predicted molar refractivity (Wildman–Crippen MR) is 70.9 cm³/mol. The van der Waals surface area contributed by atoms with Crippen molar-refractivity contribution in [1.29, 1.82) is 0 Å². The summed E-state index contributed by atoms with van der Waals surface area (Å²) in [4.78, 5) is 13.0. The molecule has 0 bridgehead atoms. The molecule has 1 heterocycles. The number of amides is 2. The van der Waals surface area contributed by atoms with Crippen molar-refractivity contribution in [1.82, 2.24) is 15.5 Å².